The predicted octanol–water partition coefficient (Wildman–Crippen LogP) is 3.59. The number of halogens is 1. The quantitative estimate of drug-likeness (QED) is 0.316. The largest absolute Gasteiger partial charge is 0.497 e. The van der Waals surface area contributed by atoms with Crippen LogP contribution < -0.4 is 25.2 Å². The van der Waals surface area contributed by atoms with Crippen LogP contribution in [0.25, 0.3) is 22.3 Å². The topological polar surface area (TPSA) is 117 Å². The van der Waals surface area contributed by atoms with Gasteiger partial charge < -0.3 is 19.4 Å². The second-order valence-electron chi connectivity index (χ2n) is 10.8. The van der Waals surface area contributed by atoms with Crippen molar-refractivity contribution in [2.24, 2.45) is 0 Å². The second kappa shape index (κ2) is 11.8. The van der Waals surface area contributed by atoms with Gasteiger partial charge in [-0.15, -0.1) is 0 Å². The van der Waals surface area contributed by atoms with Crippen LogP contribution in [0.3, 0.4) is 0 Å². The molecule has 2 saturated heterocycles. The number of carbonyl (C=O) groups is 2. The number of amides is 2. The Bertz CT molecular complexity index is 1750. The molecule has 1 aromatic heterocycles. The van der Waals surface area contributed by atoms with Crippen molar-refractivity contribution in [3.63, 3.8) is 0 Å². The number of aromatic nitrogens is 2. The van der Waals surface area contributed by atoms with Gasteiger partial charge in [0.05, 0.1) is 25.7 Å². The molecule has 2 fully saturated rings. The number of hydrogen-bond donors (Lipinski definition) is 2. The summed E-state index contributed by atoms with van der Waals surface area (Å²) in [6, 6.07) is 16.3. The van der Waals surface area contributed by atoms with Crippen molar-refractivity contribution >= 4 is 28.4 Å². The first-order valence-corrected chi connectivity index (χ1v) is 14.2. The van der Waals surface area contributed by atoms with Gasteiger partial charge in [0.2, 0.25) is 11.8 Å². The molecule has 222 valence electrons. The number of nitrogens with one attached hydrogen (secondary N) is 2. The number of hydrogen-bond acceptors (Lipinski definition) is 8. The molecule has 43 heavy (non-hydrogen) atoms. The zero-order valence-electron chi connectivity index (χ0n) is 24.0. The van der Waals surface area contributed by atoms with Crippen molar-refractivity contribution in [1.29, 1.82) is 0 Å². The number of anilines is 1. The molecule has 2 aliphatic heterocycles. The number of aromatic amines is 1. The van der Waals surface area contributed by atoms with Crippen LogP contribution >= 0.6 is 0 Å². The van der Waals surface area contributed by atoms with Crippen molar-refractivity contribution in [3.8, 4) is 22.9 Å². The molecule has 0 bridgehead atoms. The van der Waals surface area contributed by atoms with Crippen LogP contribution in [0.4, 0.5) is 10.1 Å². The Labute approximate surface area is 247 Å². The maximum absolute atomic E-state index is 14.9. The molecule has 0 saturated carbocycles. The third-order valence-corrected chi connectivity index (χ3v) is 8.17. The Hall–Kier alpha value is -4.77. The maximum Gasteiger partial charge on any atom is 0.262 e. The normalized spacial score (nSPS) is 17.7. The molecule has 2 amide bonds. The molecule has 3 aromatic carbocycles. The summed E-state index contributed by atoms with van der Waals surface area (Å²) in [5.74, 6) is -0.377. The Morgan fingerprint density at radius 2 is 1.72 bits per heavy atom. The van der Waals surface area contributed by atoms with E-state index in [1.54, 1.807) is 25.3 Å². The monoisotopic (exact) mass is 585 g/mol. The first-order chi connectivity index (χ1) is 20.8. The number of methoxy groups -OCH3 is 2. The van der Waals surface area contributed by atoms with Crippen LogP contribution in [-0.4, -0.2) is 67.1 Å². The van der Waals surface area contributed by atoms with E-state index in [2.05, 4.69) is 25.1 Å². The van der Waals surface area contributed by atoms with Crippen molar-refractivity contribution < 1.29 is 23.5 Å². The Morgan fingerprint density at radius 3 is 2.40 bits per heavy atom. The first kappa shape index (κ1) is 28.4. The zero-order valence-corrected chi connectivity index (χ0v) is 24.0. The number of fused-ring (bicyclic) bond motifs is 1. The van der Waals surface area contributed by atoms with Gasteiger partial charge in [0.15, 0.2) is 0 Å². The third-order valence-electron chi connectivity index (χ3n) is 8.17. The lowest BCUT2D eigenvalue weighted by atomic mass is 9.89. The molecule has 6 rings (SSSR count). The van der Waals surface area contributed by atoms with Crippen LogP contribution in [0.1, 0.15) is 29.9 Å². The summed E-state index contributed by atoms with van der Waals surface area (Å²) >= 11 is 0. The molecule has 0 radical (unpaired) electrons. The van der Waals surface area contributed by atoms with Crippen molar-refractivity contribution in [1.82, 2.24) is 20.2 Å². The van der Waals surface area contributed by atoms with Gasteiger partial charge in [-0.05, 0) is 42.3 Å². The zero-order chi connectivity index (χ0) is 30.1. The van der Waals surface area contributed by atoms with Gasteiger partial charge in [-0.1, -0.05) is 12.1 Å². The molecular weight excluding hydrogens is 553 g/mol. The highest BCUT2D eigenvalue weighted by atomic mass is 19.1. The minimum atomic E-state index is -0.633. The van der Waals surface area contributed by atoms with Gasteiger partial charge in [-0.25, -0.2) is 9.37 Å². The highest BCUT2D eigenvalue weighted by Crippen LogP contribution is 2.30. The summed E-state index contributed by atoms with van der Waals surface area (Å²) in [6.45, 7) is 3.83. The average molecular weight is 586 g/mol. The number of imide groups is 1. The maximum atomic E-state index is 14.9. The molecular formula is C32H32FN5O5. The summed E-state index contributed by atoms with van der Waals surface area (Å²) in [4.78, 5) is 48.6. The van der Waals surface area contributed by atoms with Gasteiger partial charge >= 0.3 is 0 Å². The number of rotatable bonds is 7. The third kappa shape index (κ3) is 5.80. The summed E-state index contributed by atoms with van der Waals surface area (Å²) < 4.78 is 25.6. The molecule has 0 aliphatic carbocycles. The van der Waals surface area contributed by atoms with Crippen molar-refractivity contribution in [3.05, 3.63) is 81.9 Å². The number of nitrogens with zero attached hydrogens (tertiary/aromatic N) is 3. The van der Waals surface area contributed by atoms with Crippen LogP contribution in [0.2, 0.25) is 0 Å². The first-order valence-electron chi connectivity index (χ1n) is 14.2. The number of piperidine rings is 1. The molecule has 0 spiro atoms. The minimum Gasteiger partial charge on any atom is -0.497 e. The number of ether oxygens (including phenoxy) is 2. The summed E-state index contributed by atoms with van der Waals surface area (Å²) in [5.41, 5.74) is 3.23. The minimum absolute atomic E-state index is 0.218. The van der Waals surface area contributed by atoms with Crippen molar-refractivity contribution in [2.75, 3.05) is 45.3 Å². The van der Waals surface area contributed by atoms with E-state index in [0.717, 1.165) is 43.0 Å². The number of benzene rings is 3. The van der Waals surface area contributed by atoms with Crippen LogP contribution in [0, 0.1) is 5.82 Å². The van der Waals surface area contributed by atoms with Gasteiger partial charge in [-0.2, -0.15) is 0 Å². The van der Waals surface area contributed by atoms with Gasteiger partial charge in [0, 0.05) is 68.1 Å². The van der Waals surface area contributed by atoms with E-state index in [9.17, 15) is 18.8 Å². The van der Waals surface area contributed by atoms with Crippen LogP contribution in [0.5, 0.6) is 11.5 Å². The summed E-state index contributed by atoms with van der Waals surface area (Å²) in [6.07, 6.45) is 0.542. The van der Waals surface area contributed by atoms with Crippen LogP contribution in [-0.2, 0) is 16.1 Å². The average Bonchev–Trinajstić information content (AvgIpc) is 3.01. The molecule has 2 N–H and O–H groups in total. The van der Waals surface area contributed by atoms with E-state index in [1.165, 1.54) is 13.2 Å². The fraction of sp³-hybridized carbons (Fsp3) is 0.312. The van der Waals surface area contributed by atoms with Gasteiger partial charge in [-0.3, -0.25) is 24.6 Å². The van der Waals surface area contributed by atoms with E-state index in [4.69, 9.17) is 9.47 Å². The summed E-state index contributed by atoms with van der Waals surface area (Å²) in [5, 5.41) is 2.67. The smallest absolute Gasteiger partial charge is 0.262 e. The highest BCUT2D eigenvalue weighted by Gasteiger charge is 2.30. The molecule has 10 nitrogen and oxygen atoms in total. The molecule has 1 atom stereocenters. The lowest BCUT2D eigenvalue weighted by Gasteiger charge is -2.36. The van der Waals surface area contributed by atoms with Crippen molar-refractivity contribution in [2.45, 2.75) is 25.3 Å². The molecule has 4 aromatic rings. The molecule has 11 heteroatoms. The number of H-pyrrole nitrogens is 1. The lowest BCUT2D eigenvalue weighted by molar-refractivity contribution is -0.134. The molecule has 1 unspecified atom stereocenters. The standard InChI is InChI=1S/C32H32FN5O5/c1-42-22-16-26-29(27(17-22)43-2)32(41)36-30(34-26)20-4-6-21(7-5-20)38-13-11-37(12-14-38)18-19-3-8-23(25(33)15-19)24-9-10-28(39)35-31(24)40/h3-8,15-17,24H,9-14,18H2,1-2H3,(H,34,36,41)(H,35,39,40). The molecule has 2 aliphatic rings. The SMILES string of the molecule is COc1cc(OC)c2c(=O)[nH]c(-c3ccc(N4CCN(Cc5ccc(C6CCC(=O)NC6=O)c(F)c5)CC4)cc3)nc2c1. The number of piperazine rings is 1. The molecule has 3 heterocycles. The Kier molecular flexibility index (Phi) is 7.81. The van der Waals surface area contributed by atoms with E-state index < -0.39 is 17.6 Å². The van der Waals surface area contributed by atoms with Gasteiger partial charge in [0.25, 0.3) is 5.56 Å². The fourth-order valence-corrected chi connectivity index (χ4v) is 5.82. The van der Waals surface area contributed by atoms with E-state index in [1.807, 2.05) is 30.3 Å². The lowest BCUT2D eigenvalue weighted by Crippen LogP contribution is -2.46. The van der Waals surface area contributed by atoms with E-state index >= 15 is 0 Å². The Morgan fingerprint density at radius 1 is 0.953 bits per heavy atom. The second-order valence-corrected chi connectivity index (χ2v) is 10.8. The predicted molar refractivity (Wildman–Crippen MR) is 160 cm³/mol. The highest BCUT2D eigenvalue weighted by molar-refractivity contribution is 6.01. The Balaban J connectivity index is 1.09. The number of carbonyl (C=O) groups excluding carboxylic acids is 2. The summed E-state index contributed by atoms with van der Waals surface area (Å²) in [7, 11) is 3.05. The van der Waals surface area contributed by atoms with E-state index in [0.29, 0.717) is 46.8 Å². The van der Waals surface area contributed by atoms with Gasteiger partial charge in [0.1, 0.15) is 28.5 Å². The fourth-order valence-electron chi connectivity index (χ4n) is 5.82. The van der Waals surface area contributed by atoms with E-state index in [-0.39, 0.29) is 17.9 Å². The van der Waals surface area contributed by atoms with Crippen LogP contribution in [0.15, 0.2) is 59.4 Å².